The summed E-state index contributed by atoms with van der Waals surface area (Å²) in [5.74, 6) is 1.23. The van der Waals surface area contributed by atoms with Gasteiger partial charge in [0.25, 0.3) is 0 Å². The van der Waals surface area contributed by atoms with Crippen LogP contribution in [-0.2, 0) is 4.74 Å². The van der Waals surface area contributed by atoms with Crippen LogP contribution in [0, 0.1) is 0 Å². The monoisotopic (exact) mass is 485 g/mol. The maximum absolute atomic E-state index is 6.16. The van der Waals surface area contributed by atoms with Crippen LogP contribution >= 0.6 is 11.3 Å². The lowest BCUT2D eigenvalue weighted by Crippen LogP contribution is -2.22. The van der Waals surface area contributed by atoms with E-state index in [4.69, 9.17) is 14.6 Å². The summed E-state index contributed by atoms with van der Waals surface area (Å²) in [4.78, 5) is 3.59. The molecule has 0 N–H and O–H groups in total. The van der Waals surface area contributed by atoms with Gasteiger partial charge in [0.05, 0.1) is 30.2 Å². The Bertz CT molecular complexity index is 1070. The molecule has 0 spiro atoms. The van der Waals surface area contributed by atoms with Crippen molar-refractivity contribution in [2.75, 3.05) is 31.7 Å². The zero-order valence-electron chi connectivity index (χ0n) is 21.1. The molecule has 0 atom stereocenters. The summed E-state index contributed by atoms with van der Waals surface area (Å²) in [6.07, 6.45) is 15.2. The molecular formula is C26H39N5O2S. The number of methoxy groups -OCH3 is 1. The quantitative estimate of drug-likeness (QED) is 0.191. The smallest absolute Gasteiger partial charge is 0.243 e. The molecule has 0 fully saturated rings. The Kier molecular flexibility index (Phi) is 10.7. The highest BCUT2D eigenvalue weighted by atomic mass is 32.1. The highest BCUT2D eigenvalue weighted by Crippen LogP contribution is 2.27. The van der Waals surface area contributed by atoms with Crippen molar-refractivity contribution in [3.8, 4) is 5.88 Å². The fourth-order valence-electron chi connectivity index (χ4n) is 3.82. The predicted molar refractivity (Wildman–Crippen MR) is 142 cm³/mol. The number of nitrogens with zero attached hydrogens (tertiary/aromatic N) is 5. The van der Waals surface area contributed by atoms with Gasteiger partial charge in [-0.1, -0.05) is 52.4 Å². The van der Waals surface area contributed by atoms with Crippen LogP contribution in [0.15, 0.2) is 18.4 Å². The molecule has 8 heteroatoms. The Morgan fingerprint density at radius 2 is 1.79 bits per heavy atom. The van der Waals surface area contributed by atoms with Crippen molar-refractivity contribution in [1.29, 1.82) is 0 Å². The van der Waals surface area contributed by atoms with Gasteiger partial charge in [0.1, 0.15) is 0 Å². The molecule has 0 bridgehead atoms. The molecule has 0 radical (unpaired) electrons. The topological polar surface area (TPSA) is 64.8 Å². The Morgan fingerprint density at radius 3 is 2.56 bits per heavy atom. The van der Waals surface area contributed by atoms with Crippen LogP contribution < -0.4 is 14.9 Å². The number of hydrogen-bond acceptors (Lipinski definition) is 7. The van der Waals surface area contributed by atoms with Gasteiger partial charge in [-0.05, 0) is 38.0 Å². The Labute approximate surface area is 207 Å². The van der Waals surface area contributed by atoms with Crippen LogP contribution in [0.4, 0.5) is 5.00 Å². The van der Waals surface area contributed by atoms with Crippen LogP contribution in [0.1, 0.15) is 82.8 Å². The highest BCUT2D eigenvalue weighted by molar-refractivity contribution is 7.16. The molecule has 0 aliphatic heterocycles. The molecule has 0 aliphatic carbocycles. The molecule has 0 aromatic carbocycles. The molecule has 3 aromatic rings. The van der Waals surface area contributed by atoms with Crippen LogP contribution in [0.5, 0.6) is 5.88 Å². The number of anilines is 1. The first-order valence-electron chi connectivity index (χ1n) is 12.7. The minimum atomic E-state index is 0.610. The minimum absolute atomic E-state index is 0.610. The van der Waals surface area contributed by atoms with E-state index in [1.807, 2.05) is 0 Å². The summed E-state index contributed by atoms with van der Waals surface area (Å²) >= 11 is 1.79. The fourth-order valence-corrected chi connectivity index (χ4v) is 4.86. The van der Waals surface area contributed by atoms with Gasteiger partial charge in [-0.2, -0.15) is 4.52 Å². The van der Waals surface area contributed by atoms with Gasteiger partial charge in [-0.3, -0.25) is 0 Å². The number of hydrogen-bond donors (Lipinski definition) is 0. The molecule has 34 heavy (non-hydrogen) atoms. The van der Waals surface area contributed by atoms with E-state index in [0.29, 0.717) is 24.0 Å². The van der Waals surface area contributed by atoms with Crippen LogP contribution in [0.25, 0.3) is 17.8 Å². The van der Waals surface area contributed by atoms with E-state index in [0.717, 1.165) is 29.6 Å². The number of thiophene rings is 1. The lowest BCUT2D eigenvalue weighted by molar-refractivity contribution is 0.289. The first-order valence-corrected chi connectivity index (χ1v) is 13.5. The zero-order chi connectivity index (χ0) is 24.2. The van der Waals surface area contributed by atoms with Crippen LogP contribution in [-0.4, -0.2) is 46.6 Å². The van der Waals surface area contributed by atoms with Crippen LogP contribution in [0.2, 0.25) is 0 Å². The molecule has 186 valence electrons. The van der Waals surface area contributed by atoms with E-state index < -0.39 is 0 Å². The maximum Gasteiger partial charge on any atom is 0.243 e. The van der Waals surface area contributed by atoms with E-state index in [1.165, 1.54) is 49.9 Å². The first kappa shape index (κ1) is 26.0. The molecule has 0 aliphatic rings. The lowest BCUT2D eigenvalue weighted by atomic mass is 10.1. The highest BCUT2D eigenvalue weighted by Gasteiger charge is 2.15. The van der Waals surface area contributed by atoms with Gasteiger partial charge in [0.2, 0.25) is 5.88 Å². The minimum Gasteiger partial charge on any atom is -0.504 e. The number of unbranched alkanes of at least 4 members (excludes halogenated alkanes) is 6. The Morgan fingerprint density at radius 1 is 1.00 bits per heavy atom. The summed E-state index contributed by atoms with van der Waals surface area (Å²) < 4.78 is 12.9. The summed E-state index contributed by atoms with van der Waals surface area (Å²) in [6.45, 7) is 9.43. The normalized spacial score (nSPS) is 12.3. The lowest BCUT2D eigenvalue weighted by Gasteiger charge is -2.20. The maximum atomic E-state index is 6.16. The predicted octanol–water partition coefficient (Wildman–Crippen LogP) is 5.72. The molecule has 3 heterocycles. The molecule has 3 rings (SSSR count). The van der Waals surface area contributed by atoms with Crippen molar-refractivity contribution >= 4 is 34.1 Å². The van der Waals surface area contributed by atoms with Gasteiger partial charge in [0, 0.05) is 24.0 Å². The third-order valence-corrected chi connectivity index (χ3v) is 6.88. The molecule has 7 nitrogen and oxygen atoms in total. The standard InChI is InChI=1S/C26H39N5O2S/c1-5-8-10-11-12-13-18-33-26-22(25-28-27-23(16-19-32-4)31(25)29-26)20-21-14-15-24(34-21)30(7-3)17-9-6-2/h14-16,19-20H,5-13,17-18H2,1-4H3/b19-16-,22-20+. The molecule has 0 saturated carbocycles. The SMILES string of the molecule is CCCCCCCCOc1nn2c(/C=C\OC)nnc2/c1=C\c1ccc(N(CC)CCCC)s1. The number of aromatic nitrogens is 4. The Balaban J connectivity index is 1.84. The van der Waals surface area contributed by atoms with Crippen molar-refractivity contribution in [2.24, 2.45) is 0 Å². The van der Waals surface area contributed by atoms with Gasteiger partial charge in [0.15, 0.2) is 11.5 Å². The van der Waals surface area contributed by atoms with Crippen molar-refractivity contribution in [3.05, 3.63) is 34.3 Å². The van der Waals surface area contributed by atoms with Crippen molar-refractivity contribution in [3.63, 3.8) is 0 Å². The van der Waals surface area contributed by atoms with E-state index in [9.17, 15) is 0 Å². The number of ether oxygens (including phenoxy) is 2. The van der Waals surface area contributed by atoms with Crippen molar-refractivity contribution < 1.29 is 9.47 Å². The summed E-state index contributed by atoms with van der Waals surface area (Å²) in [5.41, 5.74) is 0.696. The summed E-state index contributed by atoms with van der Waals surface area (Å²) in [6, 6.07) is 4.37. The second-order valence-electron chi connectivity index (χ2n) is 8.42. The zero-order valence-corrected chi connectivity index (χ0v) is 21.9. The largest absolute Gasteiger partial charge is 0.504 e. The summed E-state index contributed by atoms with van der Waals surface area (Å²) in [7, 11) is 1.61. The van der Waals surface area contributed by atoms with Gasteiger partial charge in [-0.25, -0.2) is 0 Å². The van der Waals surface area contributed by atoms with Crippen LogP contribution in [0.3, 0.4) is 0 Å². The van der Waals surface area contributed by atoms with Crippen molar-refractivity contribution in [1.82, 2.24) is 19.8 Å². The molecule has 0 amide bonds. The fraction of sp³-hybridized carbons (Fsp3) is 0.577. The second kappa shape index (κ2) is 13.9. The van der Waals surface area contributed by atoms with E-state index >= 15 is 0 Å². The van der Waals surface area contributed by atoms with E-state index in [1.54, 1.807) is 35.3 Å². The third-order valence-electron chi connectivity index (χ3n) is 5.79. The average molecular weight is 486 g/mol. The van der Waals surface area contributed by atoms with E-state index in [-0.39, 0.29) is 0 Å². The second-order valence-corrected chi connectivity index (χ2v) is 9.51. The molecule has 3 aromatic heterocycles. The molecule has 0 unspecified atom stereocenters. The number of fused-ring (bicyclic) bond motifs is 1. The van der Waals surface area contributed by atoms with Gasteiger partial charge in [-0.15, -0.1) is 26.6 Å². The Hall–Kier alpha value is -2.61. The van der Waals surface area contributed by atoms with Gasteiger partial charge >= 0.3 is 0 Å². The van der Waals surface area contributed by atoms with Crippen molar-refractivity contribution in [2.45, 2.75) is 72.1 Å². The average Bonchev–Trinajstić information content (AvgIpc) is 3.55. The summed E-state index contributed by atoms with van der Waals surface area (Å²) in [5, 5.41) is 15.5. The molecule has 0 saturated heterocycles. The van der Waals surface area contributed by atoms with Gasteiger partial charge < -0.3 is 14.4 Å². The molecular weight excluding hydrogens is 446 g/mol. The third kappa shape index (κ3) is 6.95. The van der Waals surface area contributed by atoms with E-state index in [2.05, 4.69) is 54.1 Å². The number of rotatable bonds is 16. The first-order chi connectivity index (χ1) is 16.7.